The number of benzene rings is 2. The topological polar surface area (TPSA) is 42.4 Å². The number of hydrogen-bond donors (Lipinski definition) is 1. The van der Waals surface area contributed by atoms with Crippen molar-refractivity contribution >= 4 is 21.6 Å². The van der Waals surface area contributed by atoms with Crippen molar-refractivity contribution in [3.63, 3.8) is 0 Å². The fourth-order valence-electron chi connectivity index (χ4n) is 2.12. The quantitative estimate of drug-likeness (QED) is 0.782. The van der Waals surface area contributed by atoms with Crippen molar-refractivity contribution in [3.8, 4) is 5.75 Å². The third-order valence-electron chi connectivity index (χ3n) is 3.30. The molecule has 0 unspecified atom stereocenters. The monoisotopic (exact) mass is 317 g/mol. The molecule has 1 N–H and O–H groups in total. The van der Waals surface area contributed by atoms with Gasteiger partial charge in [-0.2, -0.15) is 0 Å². The highest BCUT2D eigenvalue weighted by atomic mass is 32.1. The molecule has 0 saturated carbocycles. The molecule has 0 radical (unpaired) electrons. The Morgan fingerprint density at radius 3 is 2.82 bits per heavy atom. The van der Waals surface area contributed by atoms with E-state index in [1.54, 1.807) is 19.9 Å². The van der Waals surface area contributed by atoms with E-state index in [0.29, 0.717) is 17.9 Å². The Morgan fingerprint density at radius 1 is 1.23 bits per heavy atom. The van der Waals surface area contributed by atoms with Crippen LogP contribution < -0.4 is 4.74 Å². The summed E-state index contributed by atoms with van der Waals surface area (Å²) in [6, 6.07) is 11.9. The first kappa shape index (κ1) is 14.9. The van der Waals surface area contributed by atoms with Crippen molar-refractivity contribution in [2.75, 3.05) is 0 Å². The minimum Gasteiger partial charge on any atom is -0.486 e. The maximum atomic E-state index is 13.2. The van der Waals surface area contributed by atoms with E-state index in [9.17, 15) is 9.50 Å². The van der Waals surface area contributed by atoms with Gasteiger partial charge in [0.05, 0.1) is 15.8 Å². The first-order valence-electron chi connectivity index (χ1n) is 6.92. The third-order valence-corrected chi connectivity index (χ3v) is 4.31. The maximum absolute atomic E-state index is 13.2. The molecule has 22 heavy (non-hydrogen) atoms. The molecule has 114 valence electrons. The number of aromatic nitrogens is 1. The highest BCUT2D eigenvalue weighted by Gasteiger charge is 2.16. The lowest BCUT2D eigenvalue weighted by Gasteiger charge is -2.18. The summed E-state index contributed by atoms with van der Waals surface area (Å²) in [5, 5.41) is 10.8. The number of hydrogen-bond acceptors (Lipinski definition) is 4. The summed E-state index contributed by atoms with van der Waals surface area (Å²) < 4.78 is 19.8. The second-order valence-corrected chi connectivity index (χ2v) is 6.71. The smallest absolute Gasteiger partial charge is 0.140 e. The molecule has 0 aliphatic heterocycles. The number of rotatable bonds is 4. The predicted molar refractivity (Wildman–Crippen MR) is 85.6 cm³/mol. The van der Waals surface area contributed by atoms with E-state index in [1.165, 1.54) is 23.5 Å². The Morgan fingerprint density at radius 2 is 2.05 bits per heavy atom. The average molecular weight is 317 g/mol. The van der Waals surface area contributed by atoms with Crippen molar-refractivity contribution < 1.29 is 14.2 Å². The van der Waals surface area contributed by atoms with Crippen molar-refractivity contribution in [1.82, 2.24) is 4.98 Å². The van der Waals surface area contributed by atoms with E-state index in [1.807, 2.05) is 24.3 Å². The number of nitrogens with zero attached hydrogens (tertiary/aromatic N) is 1. The molecule has 0 atom stereocenters. The van der Waals surface area contributed by atoms with E-state index in [4.69, 9.17) is 4.74 Å². The standard InChI is InChI=1S/C17H16FNO2S/c1-17(2,20)11-4-3-5-13(8-11)21-10-16-19-14-9-12(18)6-7-15(14)22-16/h3-9,20H,10H2,1-2H3. The van der Waals surface area contributed by atoms with Gasteiger partial charge in [-0.1, -0.05) is 12.1 Å². The Labute approximate surface area is 132 Å². The zero-order valence-electron chi connectivity index (χ0n) is 12.3. The summed E-state index contributed by atoms with van der Waals surface area (Å²) in [6.07, 6.45) is 0. The summed E-state index contributed by atoms with van der Waals surface area (Å²) in [5.74, 6) is 0.383. The average Bonchev–Trinajstić information content (AvgIpc) is 2.86. The fraction of sp³-hybridized carbons (Fsp3) is 0.235. The predicted octanol–water partition coefficient (Wildman–Crippen LogP) is 4.24. The van der Waals surface area contributed by atoms with Crippen LogP contribution in [-0.2, 0) is 12.2 Å². The van der Waals surface area contributed by atoms with Crippen LogP contribution in [0.2, 0.25) is 0 Å². The van der Waals surface area contributed by atoms with Crippen LogP contribution in [-0.4, -0.2) is 10.1 Å². The second-order valence-electron chi connectivity index (χ2n) is 5.60. The Bertz CT molecular complexity index is 808. The van der Waals surface area contributed by atoms with Crippen LogP contribution in [0.15, 0.2) is 42.5 Å². The number of ether oxygens (including phenoxy) is 1. The van der Waals surface area contributed by atoms with E-state index < -0.39 is 5.60 Å². The Hall–Kier alpha value is -1.98. The third kappa shape index (κ3) is 3.26. The molecule has 0 fully saturated rings. The van der Waals surface area contributed by atoms with E-state index in [-0.39, 0.29) is 5.82 Å². The van der Waals surface area contributed by atoms with E-state index in [0.717, 1.165) is 15.3 Å². The van der Waals surface area contributed by atoms with E-state index >= 15 is 0 Å². The molecule has 3 nitrogen and oxygen atoms in total. The SMILES string of the molecule is CC(C)(O)c1cccc(OCc2nc3cc(F)ccc3s2)c1. The Balaban J connectivity index is 1.76. The lowest BCUT2D eigenvalue weighted by Crippen LogP contribution is -2.15. The van der Waals surface area contributed by atoms with Crippen LogP contribution >= 0.6 is 11.3 Å². The summed E-state index contributed by atoms with van der Waals surface area (Å²) in [6.45, 7) is 3.78. The van der Waals surface area contributed by atoms with Gasteiger partial charge in [0.15, 0.2) is 0 Å². The molecule has 5 heteroatoms. The molecule has 0 bridgehead atoms. The van der Waals surface area contributed by atoms with Crippen LogP contribution in [0.5, 0.6) is 5.75 Å². The second kappa shape index (κ2) is 5.66. The Kier molecular flexibility index (Phi) is 3.85. The van der Waals surface area contributed by atoms with Crippen LogP contribution in [0.25, 0.3) is 10.2 Å². The number of fused-ring (bicyclic) bond motifs is 1. The van der Waals surface area contributed by atoms with Gasteiger partial charge in [0.1, 0.15) is 23.2 Å². The van der Waals surface area contributed by atoms with E-state index in [2.05, 4.69) is 4.98 Å². The van der Waals surface area contributed by atoms with Gasteiger partial charge in [-0.25, -0.2) is 9.37 Å². The molecule has 1 heterocycles. The van der Waals surface area contributed by atoms with Gasteiger partial charge < -0.3 is 9.84 Å². The number of halogens is 1. The van der Waals surface area contributed by atoms with Gasteiger partial charge >= 0.3 is 0 Å². The fourth-order valence-corrected chi connectivity index (χ4v) is 2.98. The molecular formula is C17H16FNO2S. The van der Waals surface area contributed by atoms with Crippen LogP contribution in [0, 0.1) is 5.82 Å². The highest BCUT2D eigenvalue weighted by Crippen LogP contribution is 2.26. The highest BCUT2D eigenvalue weighted by molar-refractivity contribution is 7.18. The molecule has 0 aliphatic carbocycles. The summed E-state index contributed by atoms with van der Waals surface area (Å²) in [5.41, 5.74) is 0.525. The first-order valence-corrected chi connectivity index (χ1v) is 7.74. The van der Waals surface area contributed by atoms with Crippen LogP contribution in [0.4, 0.5) is 4.39 Å². The van der Waals surface area contributed by atoms with Crippen molar-refractivity contribution in [3.05, 3.63) is 58.9 Å². The molecule has 0 saturated heterocycles. The minimum atomic E-state index is -0.910. The first-order chi connectivity index (χ1) is 10.4. The normalized spacial score (nSPS) is 11.8. The summed E-state index contributed by atoms with van der Waals surface area (Å²) >= 11 is 1.48. The van der Waals surface area contributed by atoms with Crippen LogP contribution in [0.1, 0.15) is 24.4 Å². The molecule has 1 aromatic heterocycles. The molecular weight excluding hydrogens is 301 g/mol. The minimum absolute atomic E-state index is 0.289. The molecule has 0 aliphatic rings. The largest absolute Gasteiger partial charge is 0.486 e. The van der Waals surface area contributed by atoms with Crippen molar-refractivity contribution in [2.45, 2.75) is 26.1 Å². The molecule has 3 aromatic rings. The van der Waals surface area contributed by atoms with Gasteiger partial charge in [-0.15, -0.1) is 11.3 Å². The van der Waals surface area contributed by atoms with Gasteiger partial charge in [0.25, 0.3) is 0 Å². The molecule has 3 rings (SSSR count). The van der Waals surface area contributed by atoms with Crippen LogP contribution in [0.3, 0.4) is 0 Å². The van der Waals surface area contributed by atoms with Crippen molar-refractivity contribution in [1.29, 1.82) is 0 Å². The summed E-state index contributed by atoms with van der Waals surface area (Å²) in [4.78, 5) is 4.36. The lowest BCUT2D eigenvalue weighted by atomic mass is 9.98. The number of aliphatic hydroxyl groups is 1. The zero-order valence-corrected chi connectivity index (χ0v) is 13.2. The number of thiazole rings is 1. The zero-order chi connectivity index (χ0) is 15.7. The summed E-state index contributed by atoms with van der Waals surface area (Å²) in [7, 11) is 0. The molecule has 0 amide bonds. The lowest BCUT2D eigenvalue weighted by molar-refractivity contribution is 0.0782. The van der Waals surface area contributed by atoms with Gasteiger partial charge in [-0.05, 0) is 43.7 Å². The van der Waals surface area contributed by atoms with Gasteiger partial charge in [-0.3, -0.25) is 0 Å². The van der Waals surface area contributed by atoms with Gasteiger partial charge in [0.2, 0.25) is 0 Å². The van der Waals surface area contributed by atoms with Gasteiger partial charge in [0, 0.05) is 6.07 Å². The molecule has 2 aromatic carbocycles. The molecule has 0 spiro atoms. The van der Waals surface area contributed by atoms with Crippen molar-refractivity contribution in [2.24, 2.45) is 0 Å². The maximum Gasteiger partial charge on any atom is 0.140 e.